The van der Waals surface area contributed by atoms with Crippen LogP contribution in [0.5, 0.6) is 5.88 Å². The molecule has 11 nitrogen and oxygen atoms in total. The Hall–Kier alpha value is -3.37. The summed E-state index contributed by atoms with van der Waals surface area (Å²) in [6.07, 6.45) is 5.00. The second kappa shape index (κ2) is 9.35. The Kier molecular flexibility index (Phi) is 6.61. The monoisotopic (exact) mass is 487 g/mol. The van der Waals surface area contributed by atoms with Gasteiger partial charge in [0, 0.05) is 18.8 Å². The number of carbonyl (C=O) groups is 4. The standard InChI is InChI=1S/C24H33N5O6/c1-23(2,3)35-22(33)27-9-5-7-17-20(31)29(21(32)28-17)14-10-24(11-14)12-15(13-24)34-19-16(18(25)30)6-4-8-26-19/h4,6,8,14-15,17H,5,7,9-13H2,1-3H3,(H2,25,30)(H,27,33)(H,28,32)/t14-,15-,17?,24?. The van der Waals surface area contributed by atoms with Crippen molar-refractivity contribution in [3.63, 3.8) is 0 Å². The Labute approximate surface area is 204 Å². The summed E-state index contributed by atoms with van der Waals surface area (Å²) in [6, 6.07) is 2.17. The van der Waals surface area contributed by atoms with Crippen molar-refractivity contribution in [3.8, 4) is 5.88 Å². The minimum absolute atomic E-state index is 0.0486. The molecule has 190 valence electrons. The predicted molar refractivity (Wildman–Crippen MR) is 124 cm³/mol. The van der Waals surface area contributed by atoms with E-state index >= 15 is 0 Å². The van der Waals surface area contributed by atoms with Crippen molar-refractivity contribution in [2.75, 3.05) is 6.54 Å². The summed E-state index contributed by atoms with van der Waals surface area (Å²) < 4.78 is 11.1. The molecule has 1 saturated heterocycles. The van der Waals surface area contributed by atoms with Crippen molar-refractivity contribution in [1.82, 2.24) is 20.5 Å². The average molecular weight is 488 g/mol. The van der Waals surface area contributed by atoms with Gasteiger partial charge in [0.1, 0.15) is 23.3 Å². The van der Waals surface area contributed by atoms with Crippen molar-refractivity contribution in [2.24, 2.45) is 11.1 Å². The molecule has 1 spiro atoms. The maximum atomic E-state index is 12.8. The number of ether oxygens (including phenoxy) is 2. The van der Waals surface area contributed by atoms with Gasteiger partial charge in [-0.3, -0.25) is 14.5 Å². The number of rotatable bonds is 8. The third kappa shape index (κ3) is 5.49. The van der Waals surface area contributed by atoms with Crippen molar-refractivity contribution in [3.05, 3.63) is 23.9 Å². The van der Waals surface area contributed by atoms with Crippen LogP contribution in [-0.2, 0) is 9.53 Å². The van der Waals surface area contributed by atoms with Crippen LogP contribution in [-0.4, -0.2) is 64.2 Å². The van der Waals surface area contributed by atoms with E-state index in [4.69, 9.17) is 15.2 Å². The highest BCUT2D eigenvalue weighted by Gasteiger charge is 2.58. The van der Waals surface area contributed by atoms with Gasteiger partial charge in [-0.25, -0.2) is 14.6 Å². The Morgan fingerprint density at radius 2 is 1.97 bits per heavy atom. The van der Waals surface area contributed by atoms with E-state index in [-0.39, 0.29) is 40.9 Å². The first-order chi connectivity index (χ1) is 16.5. The zero-order valence-corrected chi connectivity index (χ0v) is 20.3. The lowest BCUT2D eigenvalue weighted by Crippen LogP contribution is -2.60. The van der Waals surface area contributed by atoms with E-state index in [1.165, 1.54) is 4.90 Å². The molecule has 0 radical (unpaired) electrons. The Morgan fingerprint density at radius 1 is 1.26 bits per heavy atom. The second-order valence-electron chi connectivity index (χ2n) is 10.7. The van der Waals surface area contributed by atoms with E-state index in [1.54, 1.807) is 39.1 Å². The van der Waals surface area contributed by atoms with Gasteiger partial charge in [-0.1, -0.05) is 0 Å². The molecule has 2 saturated carbocycles. The maximum absolute atomic E-state index is 12.8. The lowest BCUT2D eigenvalue weighted by atomic mass is 9.52. The molecule has 3 aliphatic rings. The lowest BCUT2D eigenvalue weighted by molar-refractivity contribution is -0.140. The third-order valence-electron chi connectivity index (χ3n) is 6.73. The number of nitrogens with two attached hydrogens (primary N) is 1. The summed E-state index contributed by atoms with van der Waals surface area (Å²) >= 11 is 0. The molecule has 11 heteroatoms. The van der Waals surface area contributed by atoms with Gasteiger partial charge in [-0.2, -0.15) is 0 Å². The van der Waals surface area contributed by atoms with Gasteiger partial charge in [-0.15, -0.1) is 0 Å². The van der Waals surface area contributed by atoms with Gasteiger partial charge < -0.3 is 25.8 Å². The van der Waals surface area contributed by atoms with Crippen LogP contribution in [0.3, 0.4) is 0 Å². The molecular weight excluding hydrogens is 454 g/mol. The van der Waals surface area contributed by atoms with Crippen LogP contribution in [0, 0.1) is 5.41 Å². The number of primary amides is 1. The van der Waals surface area contributed by atoms with Crippen molar-refractivity contribution in [2.45, 2.75) is 83.1 Å². The first-order valence-electron chi connectivity index (χ1n) is 12.0. The number of hydrogen-bond acceptors (Lipinski definition) is 7. The summed E-state index contributed by atoms with van der Waals surface area (Å²) in [5, 5.41) is 5.43. The first kappa shape index (κ1) is 24.7. The molecule has 3 fully saturated rings. The highest BCUT2D eigenvalue weighted by atomic mass is 16.6. The quantitative estimate of drug-likeness (QED) is 0.375. The highest BCUT2D eigenvalue weighted by molar-refractivity contribution is 6.04. The van der Waals surface area contributed by atoms with E-state index in [2.05, 4.69) is 15.6 Å². The topological polar surface area (TPSA) is 153 Å². The number of pyridine rings is 1. The lowest BCUT2D eigenvalue weighted by Gasteiger charge is -2.58. The second-order valence-corrected chi connectivity index (χ2v) is 10.7. The molecule has 1 aromatic rings. The molecule has 1 atom stereocenters. The number of aromatic nitrogens is 1. The van der Waals surface area contributed by atoms with Crippen LogP contribution in [0.15, 0.2) is 18.3 Å². The largest absolute Gasteiger partial charge is 0.474 e. The van der Waals surface area contributed by atoms with E-state index < -0.39 is 23.6 Å². The molecule has 1 aliphatic heterocycles. The van der Waals surface area contributed by atoms with Gasteiger partial charge in [0.15, 0.2) is 0 Å². The number of carbonyl (C=O) groups excluding carboxylic acids is 4. The Morgan fingerprint density at radius 3 is 2.63 bits per heavy atom. The zero-order chi connectivity index (χ0) is 25.4. The molecule has 1 aromatic heterocycles. The number of nitrogens with one attached hydrogen (secondary N) is 2. The zero-order valence-electron chi connectivity index (χ0n) is 20.3. The SMILES string of the molecule is CC(C)(C)OC(=O)NCCCC1NC(=O)N([C@H]2CC3(C[C@H](Oc4ncccc4C(N)=O)C3)C2)C1=O. The van der Waals surface area contributed by atoms with Crippen LogP contribution in [0.25, 0.3) is 0 Å². The molecule has 0 aromatic carbocycles. The summed E-state index contributed by atoms with van der Waals surface area (Å²) in [6.45, 7) is 5.72. The Balaban J connectivity index is 1.19. The minimum Gasteiger partial charge on any atom is -0.474 e. The number of alkyl carbamates (subject to hydrolysis) is 1. The number of hydrogen-bond donors (Lipinski definition) is 3. The van der Waals surface area contributed by atoms with Gasteiger partial charge in [0.25, 0.3) is 11.8 Å². The Bertz CT molecular complexity index is 1010. The summed E-state index contributed by atoms with van der Waals surface area (Å²) in [7, 11) is 0. The normalized spacial score (nSPS) is 27.6. The van der Waals surface area contributed by atoms with Crippen LogP contribution < -0.4 is 21.1 Å². The van der Waals surface area contributed by atoms with Gasteiger partial charge in [0.05, 0.1) is 0 Å². The number of urea groups is 1. The van der Waals surface area contributed by atoms with E-state index in [0.29, 0.717) is 19.4 Å². The van der Waals surface area contributed by atoms with Crippen LogP contribution in [0.1, 0.15) is 69.7 Å². The van der Waals surface area contributed by atoms with Gasteiger partial charge >= 0.3 is 12.1 Å². The summed E-state index contributed by atoms with van der Waals surface area (Å²) in [4.78, 5) is 54.1. The van der Waals surface area contributed by atoms with Crippen molar-refractivity contribution >= 4 is 23.9 Å². The van der Waals surface area contributed by atoms with Gasteiger partial charge in [-0.05, 0) is 76.8 Å². The summed E-state index contributed by atoms with van der Waals surface area (Å²) in [5.74, 6) is -0.549. The average Bonchev–Trinajstić information content (AvgIpc) is 2.98. The maximum Gasteiger partial charge on any atom is 0.407 e. The van der Waals surface area contributed by atoms with Crippen LogP contribution in [0.4, 0.5) is 9.59 Å². The molecule has 4 N–H and O–H groups in total. The first-order valence-corrected chi connectivity index (χ1v) is 12.0. The minimum atomic E-state index is -0.584. The highest BCUT2D eigenvalue weighted by Crippen LogP contribution is 2.58. The van der Waals surface area contributed by atoms with E-state index in [1.807, 2.05) is 0 Å². The van der Waals surface area contributed by atoms with Crippen LogP contribution in [0.2, 0.25) is 0 Å². The molecule has 2 heterocycles. The molecule has 1 unspecified atom stereocenters. The molecule has 4 rings (SSSR count). The molecular formula is C24H33N5O6. The molecule has 35 heavy (non-hydrogen) atoms. The molecule has 0 bridgehead atoms. The fourth-order valence-corrected chi connectivity index (χ4v) is 5.18. The van der Waals surface area contributed by atoms with Gasteiger partial charge in [0.2, 0.25) is 5.88 Å². The van der Waals surface area contributed by atoms with E-state index in [9.17, 15) is 19.2 Å². The fraction of sp³-hybridized carbons (Fsp3) is 0.625. The predicted octanol–water partition coefficient (Wildman–Crippen LogP) is 2.10. The number of amides is 5. The fourth-order valence-electron chi connectivity index (χ4n) is 5.18. The smallest absolute Gasteiger partial charge is 0.407 e. The van der Waals surface area contributed by atoms with Crippen LogP contribution >= 0.6 is 0 Å². The number of imide groups is 1. The number of nitrogens with zero attached hydrogens (tertiary/aromatic N) is 2. The third-order valence-corrected chi connectivity index (χ3v) is 6.73. The van der Waals surface area contributed by atoms with Crippen molar-refractivity contribution in [1.29, 1.82) is 0 Å². The van der Waals surface area contributed by atoms with E-state index in [0.717, 1.165) is 25.7 Å². The summed E-state index contributed by atoms with van der Waals surface area (Å²) in [5.41, 5.74) is 5.11. The van der Waals surface area contributed by atoms with Crippen molar-refractivity contribution < 1.29 is 28.7 Å². The molecule has 5 amide bonds. The molecule has 2 aliphatic carbocycles.